The molecule has 0 aliphatic rings. The van der Waals surface area contributed by atoms with Gasteiger partial charge in [-0.25, -0.2) is 0 Å². The van der Waals surface area contributed by atoms with E-state index >= 15 is 0 Å². The zero-order chi connectivity index (χ0) is 18.8. The average Bonchev–Trinajstić information content (AvgIpc) is 2.60. The van der Waals surface area contributed by atoms with Crippen LogP contribution in [0.1, 0.15) is 39.2 Å². The van der Waals surface area contributed by atoms with Gasteiger partial charge in [0.15, 0.2) is 0 Å². The number of anilines is 1. The van der Waals surface area contributed by atoms with Crippen LogP contribution in [0, 0.1) is 12.8 Å². The molecule has 3 amide bonds. The molecule has 0 unspecified atom stereocenters. The molecule has 0 radical (unpaired) electrons. The molecule has 1 rings (SSSR count). The molecule has 2 N–H and O–H groups in total. The minimum absolute atomic E-state index is 0.0190. The van der Waals surface area contributed by atoms with Gasteiger partial charge in [0, 0.05) is 18.2 Å². The van der Waals surface area contributed by atoms with E-state index in [-0.39, 0.29) is 36.7 Å². The molecule has 25 heavy (non-hydrogen) atoms. The maximum Gasteiger partial charge on any atom is 0.243 e. The van der Waals surface area contributed by atoms with Crippen LogP contribution in [0.3, 0.4) is 0 Å². The standard InChI is InChI=1S/C19H29N3O3/c1-5-11-22(19(25)15(4)6-2)13-18(24)20-12-17(23)21-16-9-7-14(3)8-10-16/h7-10,15H,5-6,11-13H2,1-4H3,(H,20,24)(H,21,23)/t15-/m1/s1. The number of nitrogens with one attached hydrogen (secondary N) is 2. The Morgan fingerprint density at radius 3 is 2.28 bits per heavy atom. The van der Waals surface area contributed by atoms with Crippen molar-refractivity contribution in [1.29, 1.82) is 0 Å². The number of rotatable bonds is 9. The van der Waals surface area contributed by atoms with Crippen molar-refractivity contribution in [3.05, 3.63) is 29.8 Å². The van der Waals surface area contributed by atoms with Crippen molar-refractivity contribution in [2.24, 2.45) is 5.92 Å². The van der Waals surface area contributed by atoms with E-state index in [1.54, 1.807) is 4.90 Å². The van der Waals surface area contributed by atoms with Crippen LogP contribution in [-0.4, -0.2) is 42.3 Å². The van der Waals surface area contributed by atoms with Gasteiger partial charge < -0.3 is 15.5 Å². The zero-order valence-electron chi connectivity index (χ0n) is 15.6. The molecule has 6 nitrogen and oxygen atoms in total. The molecule has 0 aliphatic heterocycles. The lowest BCUT2D eigenvalue weighted by Gasteiger charge is -2.24. The molecule has 0 saturated carbocycles. The molecule has 1 atom stereocenters. The summed E-state index contributed by atoms with van der Waals surface area (Å²) in [4.78, 5) is 37.8. The summed E-state index contributed by atoms with van der Waals surface area (Å²) in [5.74, 6) is -0.760. The highest BCUT2D eigenvalue weighted by atomic mass is 16.2. The Labute approximate surface area is 150 Å². The third-order valence-corrected chi connectivity index (χ3v) is 3.96. The Hall–Kier alpha value is -2.37. The van der Waals surface area contributed by atoms with Gasteiger partial charge in [0.2, 0.25) is 17.7 Å². The molecule has 0 aliphatic carbocycles. The zero-order valence-corrected chi connectivity index (χ0v) is 15.6. The quantitative estimate of drug-likeness (QED) is 0.720. The van der Waals surface area contributed by atoms with E-state index < -0.39 is 0 Å². The molecule has 138 valence electrons. The summed E-state index contributed by atoms with van der Waals surface area (Å²) in [6.45, 7) is 8.13. The van der Waals surface area contributed by atoms with Gasteiger partial charge in [0.05, 0.1) is 13.1 Å². The van der Waals surface area contributed by atoms with Crippen LogP contribution in [0.25, 0.3) is 0 Å². The maximum atomic E-state index is 12.3. The van der Waals surface area contributed by atoms with E-state index in [1.165, 1.54) is 0 Å². The molecule has 0 fully saturated rings. The predicted molar refractivity (Wildman–Crippen MR) is 99.1 cm³/mol. The minimum Gasteiger partial charge on any atom is -0.345 e. The van der Waals surface area contributed by atoms with Gasteiger partial charge in [-0.05, 0) is 31.9 Å². The lowest BCUT2D eigenvalue weighted by molar-refractivity contribution is -0.139. The second-order valence-electron chi connectivity index (χ2n) is 6.26. The fourth-order valence-electron chi connectivity index (χ4n) is 2.27. The van der Waals surface area contributed by atoms with Crippen molar-refractivity contribution in [2.75, 3.05) is 25.0 Å². The smallest absolute Gasteiger partial charge is 0.243 e. The summed E-state index contributed by atoms with van der Waals surface area (Å²) < 4.78 is 0. The van der Waals surface area contributed by atoms with Crippen LogP contribution in [0.4, 0.5) is 5.69 Å². The van der Waals surface area contributed by atoms with Crippen LogP contribution in [0.5, 0.6) is 0 Å². The Bertz CT molecular complexity index is 584. The van der Waals surface area contributed by atoms with Crippen molar-refractivity contribution >= 4 is 23.4 Å². The van der Waals surface area contributed by atoms with Gasteiger partial charge in [-0.1, -0.05) is 38.5 Å². The molecule has 0 saturated heterocycles. The Morgan fingerprint density at radius 1 is 1.08 bits per heavy atom. The first-order valence-corrected chi connectivity index (χ1v) is 8.79. The topological polar surface area (TPSA) is 78.5 Å². The van der Waals surface area contributed by atoms with Crippen LogP contribution in [0.15, 0.2) is 24.3 Å². The van der Waals surface area contributed by atoms with E-state index in [0.717, 1.165) is 18.4 Å². The molecule has 0 aromatic heterocycles. The molecule has 1 aromatic rings. The number of carbonyl (C=O) groups excluding carboxylic acids is 3. The second kappa shape index (κ2) is 10.5. The monoisotopic (exact) mass is 347 g/mol. The Balaban J connectivity index is 2.47. The molecule has 0 bridgehead atoms. The summed E-state index contributed by atoms with van der Waals surface area (Å²) in [5, 5.41) is 5.29. The van der Waals surface area contributed by atoms with Gasteiger partial charge >= 0.3 is 0 Å². The number of hydrogen-bond donors (Lipinski definition) is 2. The van der Waals surface area contributed by atoms with E-state index in [9.17, 15) is 14.4 Å². The molecular formula is C19H29N3O3. The SMILES string of the molecule is CCCN(CC(=O)NCC(=O)Nc1ccc(C)cc1)C(=O)[C@H](C)CC. The van der Waals surface area contributed by atoms with Gasteiger partial charge in [-0.2, -0.15) is 0 Å². The summed E-state index contributed by atoms with van der Waals surface area (Å²) in [6.07, 6.45) is 1.52. The molecule has 6 heteroatoms. The molecule has 0 spiro atoms. The van der Waals surface area contributed by atoms with Crippen LogP contribution in [-0.2, 0) is 14.4 Å². The number of benzene rings is 1. The van der Waals surface area contributed by atoms with Crippen molar-refractivity contribution < 1.29 is 14.4 Å². The van der Waals surface area contributed by atoms with E-state index in [1.807, 2.05) is 52.0 Å². The number of amides is 3. The Morgan fingerprint density at radius 2 is 1.72 bits per heavy atom. The lowest BCUT2D eigenvalue weighted by Crippen LogP contribution is -2.44. The highest BCUT2D eigenvalue weighted by molar-refractivity contribution is 5.95. The number of aryl methyl sites for hydroxylation is 1. The maximum absolute atomic E-state index is 12.3. The van der Waals surface area contributed by atoms with Crippen molar-refractivity contribution in [3.8, 4) is 0 Å². The van der Waals surface area contributed by atoms with Crippen molar-refractivity contribution in [3.63, 3.8) is 0 Å². The molecule has 0 heterocycles. The third-order valence-electron chi connectivity index (χ3n) is 3.96. The van der Waals surface area contributed by atoms with Gasteiger partial charge in [-0.3, -0.25) is 14.4 Å². The largest absolute Gasteiger partial charge is 0.345 e. The highest BCUT2D eigenvalue weighted by Gasteiger charge is 2.21. The van der Waals surface area contributed by atoms with Gasteiger partial charge in [0.25, 0.3) is 0 Å². The average molecular weight is 347 g/mol. The van der Waals surface area contributed by atoms with E-state index in [2.05, 4.69) is 10.6 Å². The summed E-state index contributed by atoms with van der Waals surface area (Å²) in [6, 6.07) is 7.42. The first-order chi connectivity index (χ1) is 11.9. The molecular weight excluding hydrogens is 318 g/mol. The second-order valence-corrected chi connectivity index (χ2v) is 6.26. The number of hydrogen-bond acceptors (Lipinski definition) is 3. The fraction of sp³-hybridized carbons (Fsp3) is 0.526. The first kappa shape index (κ1) is 20.7. The number of nitrogens with zero attached hydrogens (tertiary/aromatic N) is 1. The van der Waals surface area contributed by atoms with Gasteiger partial charge in [0.1, 0.15) is 0 Å². The minimum atomic E-state index is -0.329. The first-order valence-electron chi connectivity index (χ1n) is 8.79. The summed E-state index contributed by atoms with van der Waals surface area (Å²) >= 11 is 0. The van der Waals surface area contributed by atoms with E-state index in [4.69, 9.17) is 0 Å². The normalized spacial score (nSPS) is 11.5. The van der Waals surface area contributed by atoms with Crippen LogP contribution in [0.2, 0.25) is 0 Å². The molecule has 1 aromatic carbocycles. The highest BCUT2D eigenvalue weighted by Crippen LogP contribution is 2.08. The fourth-order valence-corrected chi connectivity index (χ4v) is 2.27. The van der Waals surface area contributed by atoms with Crippen LogP contribution < -0.4 is 10.6 Å². The van der Waals surface area contributed by atoms with Gasteiger partial charge in [-0.15, -0.1) is 0 Å². The lowest BCUT2D eigenvalue weighted by atomic mass is 10.1. The summed E-state index contributed by atoms with van der Waals surface area (Å²) in [5.41, 5.74) is 1.79. The van der Waals surface area contributed by atoms with Crippen molar-refractivity contribution in [1.82, 2.24) is 10.2 Å². The van der Waals surface area contributed by atoms with Crippen molar-refractivity contribution in [2.45, 2.75) is 40.5 Å². The summed E-state index contributed by atoms with van der Waals surface area (Å²) in [7, 11) is 0. The predicted octanol–water partition coefficient (Wildman–Crippen LogP) is 2.33. The van der Waals surface area contributed by atoms with E-state index in [0.29, 0.717) is 12.2 Å². The Kier molecular flexibility index (Phi) is 8.67. The van der Waals surface area contributed by atoms with Crippen LogP contribution >= 0.6 is 0 Å². The number of carbonyl (C=O) groups is 3. The third kappa shape index (κ3) is 7.37.